The number of anilines is 3. The number of hydrogen-bond donors (Lipinski definition) is 3. The molecule has 0 heterocycles. The Morgan fingerprint density at radius 3 is 2.40 bits per heavy atom. The summed E-state index contributed by atoms with van der Waals surface area (Å²) in [6, 6.07) is 10.5. The number of nitrogens with one attached hydrogen (secondary N) is 2. The molecular weight excluding hydrogens is 324 g/mol. The second kappa shape index (κ2) is 5.89. The van der Waals surface area contributed by atoms with Crippen LogP contribution in [0.15, 0.2) is 40.9 Å². The molecule has 0 unspecified atom stereocenters. The minimum absolute atomic E-state index is 0.0941. The van der Waals surface area contributed by atoms with Gasteiger partial charge in [0.2, 0.25) is 0 Å². The van der Waals surface area contributed by atoms with E-state index >= 15 is 0 Å². The number of nitrogens with two attached hydrogens (primary N) is 1. The molecule has 20 heavy (non-hydrogen) atoms. The molecule has 104 valence electrons. The topological polar surface area (TPSA) is 93.2 Å². The lowest BCUT2D eigenvalue weighted by Crippen LogP contribution is -2.10. The summed E-state index contributed by atoms with van der Waals surface area (Å²) in [4.78, 5) is 10.7. The van der Waals surface area contributed by atoms with Gasteiger partial charge in [0.25, 0.3) is 0 Å². The molecular formula is C13H13BrN4O2. The van der Waals surface area contributed by atoms with Crippen LogP contribution in [0.2, 0.25) is 0 Å². The van der Waals surface area contributed by atoms with Crippen LogP contribution in [0.1, 0.15) is 5.56 Å². The highest BCUT2D eigenvalue weighted by molar-refractivity contribution is 9.10. The quantitative estimate of drug-likeness (QED) is 0.449. The minimum atomic E-state index is -0.471. The number of halogens is 1. The molecule has 0 radical (unpaired) electrons. The molecule has 0 saturated carbocycles. The summed E-state index contributed by atoms with van der Waals surface area (Å²) < 4.78 is 0.861. The first-order chi connectivity index (χ1) is 9.54. The zero-order valence-corrected chi connectivity index (χ0v) is 12.3. The summed E-state index contributed by atoms with van der Waals surface area (Å²) >= 11 is 3.46. The SMILES string of the molecule is Cc1cccc(Nc2cccc(NN)c2[N+](=O)[O-])c1Br. The van der Waals surface area contributed by atoms with E-state index in [1.165, 1.54) is 0 Å². The normalized spacial score (nSPS) is 10.2. The fourth-order valence-corrected chi connectivity index (χ4v) is 2.21. The second-order valence-electron chi connectivity index (χ2n) is 4.16. The van der Waals surface area contributed by atoms with Crippen LogP contribution in [0.25, 0.3) is 0 Å². The van der Waals surface area contributed by atoms with Gasteiger partial charge in [-0.1, -0.05) is 18.2 Å². The molecule has 0 aliphatic carbocycles. The maximum atomic E-state index is 11.2. The zero-order chi connectivity index (χ0) is 14.7. The Labute approximate surface area is 124 Å². The van der Waals surface area contributed by atoms with E-state index in [4.69, 9.17) is 5.84 Å². The molecule has 0 spiro atoms. The van der Waals surface area contributed by atoms with Gasteiger partial charge in [-0.15, -0.1) is 0 Å². The highest BCUT2D eigenvalue weighted by atomic mass is 79.9. The predicted molar refractivity (Wildman–Crippen MR) is 83.1 cm³/mol. The van der Waals surface area contributed by atoms with E-state index in [1.54, 1.807) is 18.2 Å². The third-order valence-corrected chi connectivity index (χ3v) is 3.89. The number of hydrogen-bond acceptors (Lipinski definition) is 5. The van der Waals surface area contributed by atoms with Crippen molar-refractivity contribution in [2.24, 2.45) is 5.84 Å². The molecule has 0 aliphatic heterocycles. The van der Waals surface area contributed by atoms with Crippen LogP contribution in [0.4, 0.5) is 22.7 Å². The number of benzene rings is 2. The maximum Gasteiger partial charge on any atom is 0.316 e. The molecule has 0 atom stereocenters. The Morgan fingerprint density at radius 1 is 1.15 bits per heavy atom. The molecule has 2 aromatic rings. The number of rotatable bonds is 4. The summed E-state index contributed by atoms with van der Waals surface area (Å²) in [6.45, 7) is 1.95. The highest BCUT2D eigenvalue weighted by Gasteiger charge is 2.19. The lowest BCUT2D eigenvalue weighted by Gasteiger charge is -2.12. The van der Waals surface area contributed by atoms with Gasteiger partial charge in [-0.05, 0) is 46.6 Å². The van der Waals surface area contributed by atoms with Gasteiger partial charge in [0, 0.05) is 4.47 Å². The molecule has 0 amide bonds. The summed E-state index contributed by atoms with van der Waals surface area (Å²) in [5.74, 6) is 5.31. The number of aryl methyl sites for hydroxylation is 1. The van der Waals surface area contributed by atoms with Crippen LogP contribution in [0, 0.1) is 17.0 Å². The van der Waals surface area contributed by atoms with Gasteiger partial charge in [0.05, 0.1) is 10.6 Å². The Bertz CT molecular complexity index is 661. The van der Waals surface area contributed by atoms with Crippen LogP contribution in [0.3, 0.4) is 0 Å². The number of hydrazine groups is 1. The largest absolute Gasteiger partial charge is 0.349 e. The van der Waals surface area contributed by atoms with Gasteiger partial charge >= 0.3 is 5.69 Å². The van der Waals surface area contributed by atoms with Crippen molar-refractivity contribution in [3.63, 3.8) is 0 Å². The van der Waals surface area contributed by atoms with Gasteiger partial charge in [-0.2, -0.15) is 0 Å². The molecule has 0 bridgehead atoms. The Morgan fingerprint density at radius 2 is 1.75 bits per heavy atom. The van der Waals surface area contributed by atoms with E-state index in [0.717, 1.165) is 15.7 Å². The van der Waals surface area contributed by atoms with Crippen LogP contribution in [0.5, 0.6) is 0 Å². The van der Waals surface area contributed by atoms with Crippen molar-refractivity contribution in [2.75, 3.05) is 10.7 Å². The molecule has 6 nitrogen and oxygen atoms in total. The van der Waals surface area contributed by atoms with E-state index in [2.05, 4.69) is 26.7 Å². The summed E-state index contributed by atoms with van der Waals surface area (Å²) in [6.07, 6.45) is 0. The smallest absolute Gasteiger partial charge is 0.316 e. The fraction of sp³-hybridized carbons (Fsp3) is 0.0769. The van der Waals surface area contributed by atoms with Gasteiger partial charge < -0.3 is 10.7 Å². The van der Waals surface area contributed by atoms with E-state index in [1.807, 2.05) is 25.1 Å². The van der Waals surface area contributed by atoms with Crippen molar-refractivity contribution in [2.45, 2.75) is 6.92 Å². The number of nitrogens with zero attached hydrogens (tertiary/aromatic N) is 1. The van der Waals surface area contributed by atoms with Crippen molar-refractivity contribution in [1.29, 1.82) is 0 Å². The summed E-state index contributed by atoms with van der Waals surface area (Å²) in [5, 5.41) is 14.3. The third-order valence-electron chi connectivity index (χ3n) is 2.84. The lowest BCUT2D eigenvalue weighted by molar-refractivity contribution is -0.383. The van der Waals surface area contributed by atoms with E-state index in [9.17, 15) is 10.1 Å². The number of nitro groups is 1. The van der Waals surface area contributed by atoms with E-state index in [-0.39, 0.29) is 11.4 Å². The van der Waals surface area contributed by atoms with Crippen molar-refractivity contribution in [3.8, 4) is 0 Å². The predicted octanol–water partition coefficient (Wildman–Crippen LogP) is 3.69. The van der Waals surface area contributed by atoms with Crippen LogP contribution < -0.4 is 16.6 Å². The van der Waals surface area contributed by atoms with Gasteiger partial charge in [-0.3, -0.25) is 16.0 Å². The molecule has 0 fully saturated rings. The van der Waals surface area contributed by atoms with Crippen molar-refractivity contribution >= 4 is 38.7 Å². The van der Waals surface area contributed by atoms with Crippen LogP contribution >= 0.6 is 15.9 Å². The average molecular weight is 337 g/mol. The Balaban J connectivity index is 2.48. The van der Waals surface area contributed by atoms with Crippen molar-refractivity contribution in [3.05, 3.63) is 56.5 Å². The molecule has 0 aliphatic rings. The van der Waals surface area contributed by atoms with Gasteiger partial charge in [0.1, 0.15) is 11.4 Å². The minimum Gasteiger partial charge on any atom is -0.349 e. The van der Waals surface area contributed by atoms with E-state index in [0.29, 0.717) is 5.69 Å². The standard InChI is InChI=1S/C13H13BrN4O2/c1-8-4-2-5-9(12(8)14)16-10-6-3-7-11(17-15)13(10)18(19)20/h2-7,16-17H,15H2,1H3. The van der Waals surface area contributed by atoms with Crippen molar-refractivity contribution in [1.82, 2.24) is 0 Å². The average Bonchev–Trinajstić information content (AvgIpc) is 2.43. The maximum absolute atomic E-state index is 11.2. The summed E-state index contributed by atoms with van der Waals surface area (Å²) in [5.41, 5.74) is 4.65. The monoisotopic (exact) mass is 336 g/mol. The molecule has 7 heteroatoms. The molecule has 0 aromatic heterocycles. The Hall–Kier alpha value is -2.12. The highest BCUT2D eigenvalue weighted by Crippen LogP contribution is 2.36. The molecule has 0 saturated heterocycles. The second-order valence-corrected chi connectivity index (χ2v) is 4.96. The summed E-state index contributed by atoms with van der Waals surface area (Å²) in [7, 11) is 0. The Kier molecular flexibility index (Phi) is 4.21. The first-order valence-corrected chi connectivity index (χ1v) is 6.60. The molecule has 2 rings (SSSR count). The molecule has 2 aromatic carbocycles. The molecule has 4 N–H and O–H groups in total. The number of nitro benzene ring substituents is 1. The lowest BCUT2D eigenvalue weighted by atomic mass is 10.2. The van der Waals surface area contributed by atoms with Gasteiger partial charge in [-0.25, -0.2) is 0 Å². The first kappa shape index (κ1) is 14.3. The number of para-hydroxylation sites is 1. The fourth-order valence-electron chi connectivity index (χ4n) is 1.85. The third kappa shape index (κ3) is 2.73. The first-order valence-electron chi connectivity index (χ1n) is 5.80. The van der Waals surface area contributed by atoms with E-state index < -0.39 is 4.92 Å². The van der Waals surface area contributed by atoms with Crippen molar-refractivity contribution < 1.29 is 4.92 Å². The van der Waals surface area contributed by atoms with Crippen LogP contribution in [-0.4, -0.2) is 4.92 Å². The number of nitrogen functional groups attached to an aromatic ring is 1. The van der Waals surface area contributed by atoms with Crippen LogP contribution in [-0.2, 0) is 0 Å². The van der Waals surface area contributed by atoms with Gasteiger partial charge in [0.15, 0.2) is 0 Å². The zero-order valence-electron chi connectivity index (χ0n) is 10.7.